The highest BCUT2D eigenvalue weighted by Gasteiger charge is 2.79. The van der Waals surface area contributed by atoms with Crippen molar-refractivity contribution in [3.05, 3.63) is 46.9 Å². The van der Waals surface area contributed by atoms with Gasteiger partial charge in [0.25, 0.3) is 0 Å². The van der Waals surface area contributed by atoms with Crippen LogP contribution in [0.1, 0.15) is 38.9 Å². The van der Waals surface area contributed by atoms with Crippen LogP contribution in [0.3, 0.4) is 0 Å². The van der Waals surface area contributed by atoms with Gasteiger partial charge in [-0.2, -0.15) is 5.06 Å². The van der Waals surface area contributed by atoms with Crippen LogP contribution in [0.2, 0.25) is 5.22 Å². The van der Waals surface area contributed by atoms with Crippen molar-refractivity contribution in [2.75, 3.05) is 12.6 Å². The molecule has 0 bridgehead atoms. The number of allylic oxidation sites excluding steroid dienone is 4. The summed E-state index contributed by atoms with van der Waals surface area (Å²) in [6, 6.07) is 2.33. The summed E-state index contributed by atoms with van der Waals surface area (Å²) in [5.41, 5.74) is -6.36. The average Bonchev–Trinajstić information content (AvgIpc) is 3.50. The summed E-state index contributed by atoms with van der Waals surface area (Å²) in [5.74, 6) is -1.80. The summed E-state index contributed by atoms with van der Waals surface area (Å²) in [7, 11) is 0. The number of carbonyl (C=O) groups excluding carboxylic acids is 2. The van der Waals surface area contributed by atoms with Crippen LogP contribution < -0.4 is 0 Å². The molecule has 1 aromatic rings. The van der Waals surface area contributed by atoms with E-state index in [1.807, 2.05) is 0 Å². The van der Waals surface area contributed by atoms with Crippen LogP contribution >= 0.6 is 23.4 Å². The molecule has 1 aromatic heterocycles. The first-order valence-corrected chi connectivity index (χ1v) is 14.1. The fourth-order valence-corrected chi connectivity index (χ4v) is 9.44. The molecule has 4 fully saturated rings. The first-order chi connectivity index (χ1) is 17.9. The number of alkyl halides is 3. The number of hydrogen-bond donors (Lipinski definition) is 1. The van der Waals surface area contributed by atoms with E-state index < -0.39 is 69.0 Å². The molecule has 1 N–H and O–H groups in total. The van der Waals surface area contributed by atoms with E-state index in [-0.39, 0.29) is 30.2 Å². The zero-order valence-electron chi connectivity index (χ0n) is 21.0. The predicted molar refractivity (Wildman–Crippen MR) is 134 cm³/mol. The van der Waals surface area contributed by atoms with Crippen molar-refractivity contribution in [3.8, 4) is 0 Å². The van der Waals surface area contributed by atoms with Gasteiger partial charge in [0.15, 0.2) is 22.3 Å². The summed E-state index contributed by atoms with van der Waals surface area (Å²) in [4.78, 5) is 32.1. The minimum Gasteiger partial charge on any atom is -0.448 e. The first kappa shape index (κ1) is 26.6. The Morgan fingerprint density at radius 2 is 2.05 bits per heavy atom. The van der Waals surface area contributed by atoms with E-state index in [2.05, 4.69) is 0 Å². The van der Waals surface area contributed by atoms with Gasteiger partial charge in [-0.25, -0.2) is 13.2 Å². The van der Waals surface area contributed by atoms with Crippen LogP contribution in [0.25, 0.3) is 0 Å². The summed E-state index contributed by atoms with van der Waals surface area (Å²) in [6.07, 6.45) is 0.597. The molecular weight excluding hydrogens is 543 g/mol. The Bertz CT molecular complexity index is 1260. The number of carbonyl (C=O) groups is 2. The predicted octanol–water partition coefficient (Wildman–Crippen LogP) is 5.15. The highest BCUT2D eigenvalue weighted by molar-refractivity contribution is 8.13. The van der Waals surface area contributed by atoms with Gasteiger partial charge in [0, 0.05) is 29.2 Å². The molecule has 0 amide bonds. The van der Waals surface area contributed by atoms with Crippen molar-refractivity contribution >= 4 is 34.3 Å². The Morgan fingerprint density at radius 1 is 1.29 bits per heavy atom. The van der Waals surface area contributed by atoms with Crippen molar-refractivity contribution in [2.45, 2.75) is 63.2 Å². The lowest BCUT2D eigenvalue weighted by atomic mass is 9.44. The summed E-state index contributed by atoms with van der Waals surface area (Å²) < 4.78 is 52.0. The maximum Gasteiger partial charge on any atom is 0.226 e. The number of aliphatic hydroxyl groups excluding tert-OH is 1. The third kappa shape index (κ3) is 3.27. The molecule has 3 saturated carbocycles. The molecule has 206 valence electrons. The highest BCUT2D eigenvalue weighted by atomic mass is 35.5. The number of hydroxylamine groups is 2. The highest BCUT2D eigenvalue weighted by Crippen LogP contribution is 2.73. The number of ketones is 1. The number of furan rings is 1. The molecule has 9 atom stereocenters. The van der Waals surface area contributed by atoms with Crippen molar-refractivity contribution in [2.24, 2.45) is 28.6 Å². The first-order valence-electron chi connectivity index (χ1n) is 12.8. The molecule has 0 unspecified atom stereocenters. The smallest absolute Gasteiger partial charge is 0.226 e. The molecular formula is C27H29ClF3NO5S. The SMILES string of the molecule is C[C@]12C=CC(=O)C=C1[C@@H](F)C[C@H]1[C@@H]3C[C@H]4CN(Cc5ccc(Cl)o5)O[C@@]4(C(=O)SCF)[C@@]3(C)C[C@H](O)[C@@]12F. The maximum atomic E-state index is 17.4. The van der Waals surface area contributed by atoms with Gasteiger partial charge in [-0.15, -0.1) is 0 Å². The number of rotatable bonds is 4. The Balaban J connectivity index is 1.41. The molecule has 1 aliphatic heterocycles. The van der Waals surface area contributed by atoms with Crippen molar-refractivity contribution in [3.63, 3.8) is 0 Å². The molecule has 11 heteroatoms. The van der Waals surface area contributed by atoms with E-state index in [9.17, 15) is 19.1 Å². The van der Waals surface area contributed by atoms with Gasteiger partial charge >= 0.3 is 0 Å². The number of halogens is 4. The third-order valence-electron chi connectivity index (χ3n) is 10.1. The van der Waals surface area contributed by atoms with Gasteiger partial charge < -0.3 is 9.52 Å². The normalized spacial score (nSPS) is 45.8. The van der Waals surface area contributed by atoms with Gasteiger partial charge in [0.05, 0.1) is 12.6 Å². The fourth-order valence-electron chi connectivity index (χ4n) is 8.52. The number of nitrogens with zero attached hydrogens (tertiary/aromatic N) is 1. The van der Waals surface area contributed by atoms with Crippen LogP contribution in [0.5, 0.6) is 0 Å². The lowest BCUT2D eigenvalue weighted by molar-refractivity contribution is -0.266. The second-order valence-electron chi connectivity index (χ2n) is 11.7. The van der Waals surface area contributed by atoms with Gasteiger partial charge in [0.1, 0.15) is 17.9 Å². The van der Waals surface area contributed by atoms with Crippen LogP contribution in [-0.4, -0.2) is 57.2 Å². The Hall–Kier alpha value is -1.59. The molecule has 2 heterocycles. The van der Waals surface area contributed by atoms with E-state index >= 15 is 8.78 Å². The lowest BCUT2D eigenvalue weighted by Crippen LogP contribution is -2.70. The van der Waals surface area contributed by atoms with Crippen LogP contribution in [0, 0.1) is 28.6 Å². The topological polar surface area (TPSA) is 80.0 Å². The molecule has 0 aromatic carbocycles. The molecule has 38 heavy (non-hydrogen) atoms. The second-order valence-corrected chi connectivity index (χ2v) is 12.9. The summed E-state index contributed by atoms with van der Waals surface area (Å²) in [5, 5.41) is 12.8. The van der Waals surface area contributed by atoms with Gasteiger partial charge in [-0.1, -0.05) is 24.8 Å². The van der Waals surface area contributed by atoms with Crippen molar-refractivity contribution in [1.82, 2.24) is 5.06 Å². The minimum absolute atomic E-state index is 0.0444. The monoisotopic (exact) mass is 571 g/mol. The summed E-state index contributed by atoms with van der Waals surface area (Å²) in [6.45, 7) is 3.80. The molecule has 6 nitrogen and oxygen atoms in total. The number of fused-ring (bicyclic) bond motifs is 7. The van der Waals surface area contributed by atoms with E-state index in [0.717, 1.165) is 6.08 Å². The standard InChI is InChI=1S/C27H29ClF3NO5S/c1-24-6-5-15(33)8-19(24)20(30)9-18-17-7-14-11-32(12-16-3-4-22(28)36-16)37-27(14,23(35)38-13-29)25(17,2)10-21(34)26(18,24)31/h3-6,8,14,17-18,20-21,34H,7,9-13H2,1-2H3/t14-,17-,18-,20-,21-,24-,25-,26-,27-/m0/s1. The molecule has 0 radical (unpaired) electrons. The Kier molecular flexibility index (Phi) is 6.10. The number of aliphatic hydroxyl groups is 1. The number of hydrogen-bond acceptors (Lipinski definition) is 7. The fraction of sp³-hybridized carbons (Fsp3) is 0.630. The minimum atomic E-state index is -2.26. The molecule has 0 spiro atoms. The molecule has 6 rings (SSSR count). The molecule has 1 saturated heterocycles. The quantitative estimate of drug-likeness (QED) is 0.535. The second kappa shape index (κ2) is 8.70. The number of thioether (sulfide) groups is 1. The average molecular weight is 572 g/mol. The maximum absolute atomic E-state index is 17.4. The van der Waals surface area contributed by atoms with Gasteiger partial charge in [-0.3, -0.25) is 14.4 Å². The van der Waals surface area contributed by atoms with E-state index in [1.165, 1.54) is 19.1 Å². The van der Waals surface area contributed by atoms with Crippen LogP contribution in [-0.2, 0) is 21.0 Å². The van der Waals surface area contributed by atoms with Crippen LogP contribution in [0.15, 0.2) is 40.4 Å². The van der Waals surface area contributed by atoms with E-state index in [1.54, 1.807) is 24.1 Å². The zero-order chi connectivity index (χ0) is 27.3. The molecule has 4 aliphatic carbocycles. The van der Waals surface area contributed by atoms with E-state index in [0.29, 0.717) is 30.5 Å². The van der Waals surface area contributed by atoms with Crippen LogP contribution in [0.4, 0.5) is 13.2 Å². The van der Waals surface area contributed by atoms with Gasteiger partial charge in [0.2, 0.25) is 5.12 Å². The lowest BCUT2D eigenvalue weighted by Gasteiger charge is -2.63. The van der Waals surface area contributed by atoms with Crippen molar-refractivity contribution < 1.29 is 37.1 Å². The van der Waals surface area contributed by atoms with Crippen molar-refractivity contribution in [1.29, 1.82) is 0 Å². The van der Waals surface area contributed by atoms with Gasteiger partial charge in [-0.05, 0) is 73.6 Å². The Labute approximate surface area is 227 Å². The largest absolute Gasteiger partial charge is 0.448 e. The van der Waals surface area contributed by atoms with E-state index in [4.69, 9.17) is 20.9 Å². The summed E-state index contributed by atoms with van der Waals surface area (Å²) >= 11 is 6.40. The Morgan fingerprint density at radius 3 is 2.74 bits per heavy atom. The molecule has 5 aliphatic rings. The zero-order valence-corrected chi connectivity index (χ0v) is 22.5. The third-order valence-corrected chi connectivity index (χ3v) is 11.0.